The summed E-state index contributed by atoms with van der Waals surface area (Å²) in [5.41, 5.74) is 1.96. The molecule has 1 aromatic heterocycles. The van der Waals surface area contributed by atoms with Gasteiger partial charge in [0.2, 0.25) is 0 Å². The average molecular weight is 188 g/mol. The van der Waals surface area contributed by atoms with Crippen molar-refractivity contribution < 1.29 is 4.74 Å². The van der Waals surface area contributed by atoms with E-state index in [9.17, 15) is 0 Å². The van der Waals surface area contributed by atoms with Gasteiger partial charge in [0.1, 0.15) is 5.75 Å². The van der Waals surface area contributed by atoms with E-state index in [0.717, 1.165) is 22.3 Å². The number of pyridine rings is 1. The number of benzene rings is 1. The summed E-state index contributed by atoms with van der Waals surface area (Å²) in [7, 11) is 3.54. The monoisotopic (exact) mass is 188 g/mol. The molecule has 0 saturated heterocycles. The first-order valence-corrected chi connectivity index (χ1v) is 4.45. The Morgan fingerprint density at radius 2 is 2.14 bits per heavy atom. The lowest BCUT2D eigenvalue weighted by atomic mass is 10.2. The van der Waals surface area contributed by atoms with Gasteiger partial charge in [-0.2, -0.15) is 0 Å². The summed E-state index contributed by atoms with van der Waals surface area (Å²) in [6.07, 6.45) is 1.81. The van der Waals surface area contributed by atoms with E-state index in [2.05, 4.69) is 16.4 Å². The fourth-order valence-corrected chi connectivity index (χ4v) is 1.36. The van der Waals surface area contributed by atoms with E-state index in [1.165, 1.54) is 0 Å². The number of hydrogen-bond acceptors (Lipinski definition) is 3. The van der Waals surface area contributed by atoms with Crippen molar-refractivity contribution in [1.29, 1.82) is 0 Å². The van der Waals surface area contributed by atoms with Crippen LogP contribution in [0.5, 0.6) is 5.75 Å². The van der Waals surface area contributed by atoms with Crippen LogP contribution in [0.2, 0.25) is 0 Å². The SMILES string of the molecule is CNc1cnc2cc(OC)ccc2c1. The van der Waals surface area contributed by atoms with E-state index in [1.54, 1.807) is 7.11 Å². The number of hydrogen-bond donors (Lipinski definition) is 1. The van der Waals surface area contributed by atoms with E-state index >= 15 is 0 Å². The molecule has 2 rings (SSSR count). The van der Waals surface area contributed by atoms with Gasteiger partial charge in [0, 0.05) is 18.5 Å². The zero-order chi connectivity index (χ0) is 9.97. The van der Waals surface area contributed by atoms with Crippen LogP contribution in [0.3, 0.4) is 0 Å². The minimum atomic E-state index is 0.835. The molecular weight excluding hydrogens is 176 g/mol. The Balaban J connectivity index is 2.57. The molecule has 0 aliphatic rings. The maximum atomic E-state index is 5.12. The zero-order valence-electron chi connectivity index (χ0n) is 8.24. The van der Waals surface area contributed by atoms with Crippen LogP contribution in [0.1, 0.15) is 0 Å². The van der Waals surface area contributed by atoms with Crippen LogP contribution in [0.15, 0.2) is 30.5 Å². The first-order valence-electron chi connectivity index (χ1n) is 4.45. The highest BCUT2D eigenvalue weighted by molar-refractivity contribution is 5.82. The first kappa shape index (κ1) is 8.81. The Morgan fingerprint density at radius 3 is 2.86 bits per heavy atom. The molecule has 1 aromatic carbocycles. The highest BCUT2D eigenvalue weighted by Gasteiger charge is 1.98. The summed E-state index contributed by atoms with van der Waals surface area (Å²) in [6.45, 7) is 0. The third kappa shape index (κ3) is 1.48. The minimum Gasteiger partial charge on any atom is -0.497 e. The smallest absolute Gasteiger partial charge is 0.121 e. The first-order chi connectivity index (χ1) is 6.83. The van der Waals surface area contributed by atoms with Crippen molar-refractivity contribution in [2.45, 2.75) is 0 Å². The molecule has 0 saturated carbocycles. The van der Waals surface area contributed by atoms with E-state index < -0.39 is 0 Å². The molecule has 14 heavy (non-hydrogen) atoms. The second-order valence-corrected chi connectivity index (χ2v) is 3.03. The van der Waals surface area contributed by atoms with Gasteiger partial charge < -0.3 is 10.1 Å². The average Bonchev–Trinajstić information content (AvgIpc) is 2.27. The zero-order valence-corrected chi connectivity index (χ0v) is 8.24. The lowest BCUT2D eigenvalue weighted by Gasteiger charge is -2.03. The summed E-state index contributed by atoms with van der Waals surface area (Å²) in [5, 5.41) is 4.16. The van der Waals surface area contributed by atoms with Crippen LogP contribution in [0, 0.1) is 0 Å². The topological polar surface area (TPSA) is 34.2 Å². The maximum absolute atomic E-state index is 5.12. The standard InChI is InChI=1S/C11H12N2O/c1-12-9-5-8-3-4-10(14-2)6-11(8)13-7-9/h3-7,12H,1-2H3. The lowest BCUT2D eigenvalue weighted by Crippen LogP contribution is -1.90. The van der Waals surface area contributed by atoms with Gasteiger partial charge in [0.15, 0.2) is 0 Å². The van der Waals surface area contributed by atoms with Crippen LogP contribution in [0.4, 0.5) is 5.69 Å². The number of ether oxygens (including phenoxy) is 1. The largest absolute Gasteiger partial charge is 0.497 e. The molecule has 2 aromatic rings. The van der Waals surface area contributed by atoms with Crippen LogP contribution < -0.4 is 10.1 Å². The fourth-order valence-electron chi connectivity index (χ4n) is 1.36. The van der Waals surface area contributed by atoms with Crippen LogP contribution in [-0.2, 0) is 0 Å². The predicted molar refractivity (Wildman–Crippen MR) is 57.8 cm³/mol. The van der Waals surface area contributed by atoms with Gasteiger partial charge in [0.05, 0.1) is 24.5 Å². The van der Waals surface area contributed by atoms with Gasteiger partial charge in [-0.25, -0.2) is 0 Å². The van der Waals surface area contributed by atoms with Crippen molar-refractivity contribution in [3.05, 3.63) is 30.5 Å². The van der Waals surface area contributed by atoms with E-state index in [0.29, 0.717) is 0 Å². The molecular formula is C11H12N2O. The third-order valence-electron chi connectivity index (χ3n) is 2.18. The van der Waals surface area contributed by atoms with Crippen LogP contribution >= 0.6 is 0 Å². The molecule has 0 bridgehead atoms. The molecule has 0 amide bonds. The predicted octanol–water partition coefficient (Wildman–Crippen LogP) is 2.29. The Labute approximate surface area is 82.7 Å². The highest BCUT2D eigenvalue weighted by Crippen LogP contribution is 2.21. The van der Waals surface area contributed by atoms with E-state index in [1.807, 2.05) is 31.4 Å². The number of aromatic nitrogens is 1. The van der Waals surface area contributed by atoms with Crippen molar-refractivity contribution in [1.82, 2.24) is 4.98 Å². The van der Waals surface area contributed by atoms with Gasteiger partial charge >= 0.3 is 0 Å². The molecule has 72 valence electrons. The number of nitrogens with zero attached hydrogens (tertiary/aromatic N) is 1. The number of fused-ring (bicyclic) bond motifs is 1. The second-order valence-electron chi connectivity index (χ2n) is 3.03. The molecule has 3 nitrogen and oxygen atoms in total. The molecule has 0 atom stereocenters. The normalized spacial score (nSPS) is 10.1. The molecule has 0 aliphatic carbocycles. The van der Waals surface area contributed by atoms with E-state index in [-0.39, 0.29) is 0 Å². The summed E-state index contributed by atoms with van der Waals surface area (Å²) in [6, 6.07) is 7.92. The Hall–Kier alpha value is -1.77. The van der Waals surface area contributed by atoms with Crippen molar-refractivity contribution >= 4 is 16.6 Å². The van der Waals surface area contributed by atoms with Gasteiger partial charge in [-0.15, -0.1) is 0 Å². The van der Waals surface area contributed by atoms with Gasteiger partial charge in [-0.05, 0) is 18.2 Å². The Morgan fingerprint density at radius 1 is 1.29 bits per heavy atom. The minimum absolute atomic E-state index is 0.835. The molecule has 0 fully saturated rings. The Kier molecular flexibility index (Phi) is 2.23. The van der Waals surface area contributed by atoms with Crippen molar-refractivity contribution in [3.63, 3.8) is 0 Å². The van der Waals surface area contributed by atoms with Gasteiger partial charge in [-0.3, -0.25) is 4.98 Å². The van der Waals surface area contributed by atoms with Gasteiger partial charge in [0.25, 0.3) is 0 Å². The number of nitrogens with one attached hydrogen (secondary N) is 1. The molecule has 1 N–H and O–H groups in total. The molecule has 1 heterocycles. The highest BCUT2D eigenvalue weighted by atomic mass is 16.5. The van der Waals surface area contributed by atoms with E-state index in [4.69, 9.17) is 4.74 Å². The molecule has 0 radical (unpaired) electrons. The van der Waals surface area contributed by atoms with Crippen molar-refractivity contribution in [3.8, 4) is 5.75 Å². The molecule has 0 spiro atoms. The Bertz CT molecular complexity index is 411. The maximum Gasteiger partial charge on any atom is 0.121 e. The van der Waals surface area contributed by atoms with Crippen molar-refractivity contribution in [2.24, 2.45) is 0 Å². The molecule has 3 heteroatoms. The summed E-state index contributed by atoms with van der Waals surface area (Å²) < 4.78 is 5.12. The number of rotatable bonds is 2. The second kappa shape index (κ2) is 3.54. The third-order valence-corrected chi connectivity index (χ3v) is 2.18. The quantitative estimate of drug-likeness (QED) is 0.785. The fraction of sp³-hybridized carbons (Fsp3) is 0.182. The summed E-state index contributed by atoms with van der Waals surface area (Å²) >= 11 is 0. The van der Waals surface area contributed by atoms with Gasteiger partial charge in [-0.1, -0.05) is 0 Å². The lowest BCUT2D eigenvalue weighted by molar-refractivity contribution is 0.415. The molecule has 0 unspecified atom stereocenters. The number of methoxy groups -OCH3 is 1. The summed E-state index contributed by atoms with van der Waals surface area (Å²) in [4.78, 5) is 4.32. The van der Waals surface area contributed by atoms with Crippen LogP contribution in [0.25, 0.3) is 10.9 Å². The number of anilines is 1. The van der Waals surface area contributed by atoms with Crippen LogP contribution in [-0.4, -0.2) is 19.1 Å². The van der Waals surface area contributed by atoms with Crippen molar-refractivity contribution in [2.75, 3.05) is 19.5 Å². The summed E-state index contributed by atoms with van der Waals surface area (Å²) in [5.74, 6) is 0.835. The molecule has 0 aliphatic heterocycles.